The molecule has 0 bridgehead atoms. The minimum atomic E-state index is -0.311. The molecule has 122 valence electrons. The molecule has 2 aromatic rings. The van der Waals surface area contributed by atoms with Gasteiger partial charge in [-0.25, -0.2) is 4.98 Å². The van der Waals surface area contributed by atoms with Crippen LogP contribution in [0.4, 0.5) is 5.13 Å². The number of phenolic OH excluding ortho intramolecular Hbond substituents is 1. The van der Waals surface area contributed by atoms with E-state index in [9.17, 15) is 9.90 Å². The molecule has 0 aliphatic carbocycles. The number of nitrogens with one attached hydrogen (secondary N) is 1. The minimum Gasteiger partial charge on any atom is -0.504 e. The normalized spacial score (nSPS) is 10.7. The number of hydrazone groups is 1. The summed E-state index contributed by atoms with van der Waals surface area (Å²) in [6.07, 6.45) is 1.59. The maximum atomic E-state index is 11.4. The van der Waals surface area contributed by atoms with Crippen molar-refractivity contribution >= 4 is 28.7 Å². The number of anilines is 1. The van der Waals surface area contributed by atoms with Crippen LogP contribution >= 0.6 is 11.3 Å². The van der Waals surface area contributed by atoms with Gasteiger partial charge in [-0.3, -0.25) is 10.2 Å². The van der Waals surface area contributed by atoms with Crippen LogP contribution in [0, 0.1) is 0 Å². The Bertz CT molecular complexity index is 700. The van der Waals surface area contributed by atoms with E-state index in [0.29, 0.717) is 28.7 Å². The number of aromatic nitrogens is 1. The first kappa shape index (κ1) is 16.8. The van der Waals surface area contributed by atoms with Gasteiger partial charge in [0.2, 0.25) is 5.13 Å². The molecule has 2 rings (SSSR count). The Balaban J connectivity index is 1.96. The van der Waals surface area contributed by atoms with E-state index >= 15 is 0 Å². The largest absolute Gasteiger partial charge is 0.504 e. The lowest BCUT2D eigenvalue weighted by Crippen LogP contribution is -2.07. The summed E-state index contributed by atoms with van der Waals surface area (Å²) in [5, 5.41) is 16.3. The number of ether oxygens (including phenoxy) is 2. The van der Waals surface area contributed by atoms with Gasteiger partial charge in [0.05, 0.1) is 32.0 Å². The number of carbonyl (C=O) groups excluding carboxylic acids is 1. The van der Waals surface area contributed by atoms with E-state index in [0.717, 1.165) is 0 Å². The molecule has 1 aromatic heterocycles. The number of carbonyl (C=O) groups is 1. The third kappa shape index (κ3) is 4.68. The fourth-order valence-corrected chi connectivity index (χ4v) is 2.42. The molecule has 0 saturated carbocycles. The predicted molar refractivity (Wildman–Crippen MR) is 88.3 cm³/mol. The second-order valence-electron chi connectivity index (χ2n) is 4.39. The molecule has 23 heavy (non-hydrogen) atoms. The Morgan fingerprint density at radius 2 is 2.35 bits per heavy atom. The summed E-state index contributed by atoms with van der Waals surface area (Å²) in [7, 11) is 1.48. The second kappa shape index (κ2) is 8.14. The van der Waals surface area contributed by atoms with Gasteiger partial charge in [-0.15, -0.1) is 11.3 Å². The Kier molecular flexibility index (Phi) is 5.93. The molecule has 0 unspecified atom stereocenters. The van der Waals surface area contributed by atoms with Gasteiger partial charge >= 0.3 is 5.97 Å². The molecule has 1 heterocycles. The van der Waals surface area contributed by atoms with Gasteiger partial charge in [-0.2, -0.15) is 5.10 Å². The highest BCUT2D eigenvalue weighted by Crippen LogP contribution is 2.28. The number of thiazole rings is 1. The van der Waals surface area contributed by atoms with E-state index in [1.807, 2.05) is 0 Å². The lowest BCUT2D eigenvalue weighted by Gasteiger charge is -2.04. The molecule has 7 nitrogen and oxygen atoms in total. The van der Waals surface area contributed by atoms with E-state index in [4.69, 9.17) is 9.47 Å². The molecule has 2 N–H and O–H groups in total. The van der Waals surface area contributed by atoms with Crippen molar-refractivity contribution in [1.82, 2.24) is 4.98 Å². The van der Waals surface area contributed by atoms with Gasteiger partial charge in [0, 0.05) is 10.9 Å². The first-order valence-electron chi connectivity index (χ1n) is 6.89. The van der Waals surface area contributed by atoms with Crippen LogP contribution in [0.1, 0.15) is 18.2 Å². The standard InChI is InChI=1S/C15H17N3O4S/c1-3-22-13(19)7-11-9-23-15(17-11)18-16-8-10-5-4-6-12(21-2)14(10)20/h4-6,8-9,20H,3,7H2,1-2H3,(H,17,18). The van der Waals surface area contributed by atoms with Gasteiger partial charge in [0.1, 0.15) is 0 Å². The maximum absolute atomic E-state index is 11.4. The van der Waals surface area contributed by atoms with E-state index in [-0.39, 0.29) is 18.1 Å². The third-order valence-corrected chi connectivity index (χ3v) is 3.59. The Hall–Kier alpha value is -2.61. The predicted octanol–water partition coefficient (Wildman–Crippen LogP) is 2.41. The molecular weight excluding hydrogens is 318 g/mol. The van der Waals surface area contributed by atoms with Crippen molar-refractivity contribution in [2.45, 2.75) is 13.3 Å². The van der Waals surface area contributed by atoms with E-state index in [1.165, 1.54) is 24.7 Å². The summed E-state index contributed by atoms with van der Waals surface area (Å²) in [5.74, 6) is 0.0803. The van der Waals surface area contributed by atoms with Gasteiger partial charge in [-0.05, 0) is 19.1 Å². The SMILES string of the molecule is CCOC(=O)Cc1csc(NN=Cc2cccc(OC)c2O)n1. The number of phenols is 1. The Morgan fingerprint density at radius 1 is 1.52 bits per heavy atom. The van der Waals surface area contributed by atoms with Crippen molar-refractivity contribution in [3.8, 4) is 11.5 Å². The zero-order chi connectivity index (χ0) is 16.7. The Morgan fingerprint density at radius 3 is 3.09 bits per heavy atom. The summed E-state index contributed by atoms with van der Waals surface area (Å²) in [6.45, 7) is 2.11. The fourth-order valence-electron chi connectivity index (χ4n) is 1.76. The molecule has 0 aliphatic rings. The zero-order valence-electron chi connectivity index (χ0n) is 12.8. The number of nitrogens with zero attached hydrogens (tertiary/aromatic N) is 2. The van der Waals surface area contributed by atoms with Crippen molar-refractivity contribution in [3.63, 3.8) is 0 Å². The highest BCUT2D eigenvalue weighted by atomic mass is 32.1. The van der Waals surface area contributed by atoms with Crippen LogP contribution in [-0.2, 0) is 16.0 Å². The number of para-hydroxylation sites is 1. The molecule has 0 amide bonds. The van der Waals surface area contributed by atoms with Crippen molar-refractivity contribution in [2.24, 2.45) is 5.10 Å². The molecule has 0 atom stereocenters. The van der Waals surface area contributed by atoms with Crippen molar-refractivity contribution in [1.29, 1.82) is 0 Å². The molecule has 0 radical (unpaired) electrons. The van der Waals surface area contributed by atoms with Gasteiger partial charge in [0.25, 0.3) is 0 Å². The molecular formula is C15H17N3O4S. The number of rotatable bonds is 7. The van der Waals surface area contributed by atoms with Gasteiger partial charge in [-0.1, -0.05) is 6.07 Å². The van der Waals surface area contributed by atoms with Crippen molar-refractivity contribution < 1.29 is 19.4 Å². The van der Waals surface area contributed by atoms with E-state index in [1.54, 1.807) is 30.5 Å². The van der Waals surface area contributed by atoms with Crippen LogP contribution in [0.25, 0.3) is 0 Å². The summed E-state index contributed by atoms with van der Waals surface area (Å²) >= 11 is 1.33. The topological polar surface area (TPSA) is 93.0 Å². The molecule has 1 aromatic carbocycles. The van der Waals surface area contributed by atoms with Crippen LogP contribution in [0.2, 0.25) is 0 Å². The zero-order valence-corrected chi connectivity index (χ0v) is 13.6. The van der Waals surface area contributed by atoms with Crippen LogP contribution in [0.5, 0.6) is 11.5 Å². The first-order valence-corrected chi connectivity index (χ1v) is 7.77. The smallest absolute Gasteiger partial charge is 0.311 e. The number of hydrogen-bond acceptors (Lipinski definition) is 8. The first-order chi connectivity index (χ1) is 11.1. The van der Waals surface area contributed by atoms with Gasteiger partial charge < -0.3 is 14.6 Å². The van der Waals surface area contributed by atoms with Crippen LogP contribution < -0.4 is 10.2 Å². The fraction of sp³-hybridized carbons (Fsp3) is 0.267. The van der Waals surface area contributed by atoms with Crippen molar-refractivity contribution in [2.75, 3.05) is 19.1 Å². The molecule has 0 spiro atoms. The second-order valence-corrected chi connectivity index (χ2v) is 5.25. The maximum Gasteiger partial charge on any atom is 0.311 e. The highest BCUT2D eigenvalue weighted by Gasteiger charge is 2.08. The lowest BCUT2D eigenvalue weighted by atomic mass is 10.2. The van der Waals surface area contributed by atoms with E-state index < -0.39 is 0 Å². The van der Waals surface area contributed by atoms with Crippen LogP contribution in [0.15, 0.2) is 28.7 Å². The summed E-state index contributed by atoms with van der Waals surface area (Å²) in [5.41, 5.74) is 3.89. The number of hydrogen-bond donors (Lipinski definition) is 2. The highest BCUT2D eigenvalue weighted by molar-refractivity contribution is 7.13. The lowest BCUT2D eigenvalue weighted by molar-refractivity contribution is -0.142. The average Bonchev–Trinajstić information content (AvgIpc) is 2.96. The minimum absolute atomic E-state index is 0.0164. The quantitative estimate of drug-likeness (QED) is 0.458. The molecule has 8 heteroatoms. The summed E-state index contributed by atoms with van der Waals surface area (Å²) in [6, 6.07) is 5.11. The summed E-state index contributed by atoms with van der Waals surface area (Å²) in [4.78, 5) is 15.6. The number of esters is 1. The summed E-state index contributed by atoms with van der Waals surface area (Å²) < 4.78 is 9.89. The molecule has 0 aliphatic heterocycles. The average molecular weight is 335 g/mol. The third-order valence-electron chi connectivity index (χ3n) is 2.80. The van der Waals surface area contributed by atoms with E-state index in [2.05, 4.69) is 15.5 Å². The molecule has 0 saturated heterocycles. The number of aromatic hydroxyl groups is 1. The number of methoxy groups -OCH3 is 1. The molecule has 0 fully saturated rings. The number of benzene rings is 1. The van der Waals surface area contributed by atoms with Crippen LogP contribution in [-0.4, -0.2) is 36.0 Å². The van der Waals surface area contributed by atoms with Crippen LogP contribution in [0.3, 0.4) is 0 Å². The van der Waals surface area contributed by atoms with Crippen molar-refractivity contribution in [3.05, 3.63) is 34.8 Å². The van der Waals surface area contributed by atoms with Gasteiger partial charge in [0.15, 0.2) is 11.5 Å². The monoisotopic (exact) mass is 335 g/mol. The Labute approximate surface area is 137 Å².